The van der Waals surface area contributed by atoms with Crippen LogP contribution in [-0.2, 0) is 19.1 Å². The van der Waals surface area contributed by atoms with E-state index in [0.717, 1.165) is 12.8 Å². The van der Waals surface area contributed by atoms with E-state index >= 15 is 0 Å². The summed E-state index contributed by atoms with van der Waals surface area (Å²) in [6.07, 6.45) is -0.367. The lowest BCUT2D eigenvalue weighted by Crippen LogP contribution is -2.33. The number of benzene rings is 1. The molecule has 5 nitrogen and oxygen atoms in total. The van der Waals surface area contributed by atoms with Gasteiger partial charge < -0.3 is 14.2 Å². The maximum Gasteiger partial charge on any atom is 0.347 e. The largest absolute Gasteiger partial charge is 0.477 e. The first kappa shape index (κ1) is 20.9. The number of esters is 2. The third kappa shape index (κ3) is 6.38. The zero-order chi connectivity index (χ0) is 18.3. The van der Waals surface area contributed by atoms with E-state index in [2.05, 4.69) is 0 Å². The second-order valence-corrected chi connectivity index (χ2v) is 6.28. The summed E-state index contributed by atoms with van der Waals surface area (Å²) in [7, 11) is 0. The molecule has 0 spiro atoms. The van der Waals surface area contributed by atoms with Gasteiger partial charge in [-0.15, -0.1) is 0 Å². The maximum atomic E-state index is 12.0. The SMILES string of the molecule is CCCCOC(=O)C(C)OC(=O)C(C)Oc1cc(Cl)c(Cl)cc1Cl. The Bertz CT molecular complexity index is 591. The Labute approximate surface area is 156 Å². The highest BCUT2D eigenvalue weighted by atomic mass is 35.5. The van der Waals surface area contributed by atoms with Crippen molar-refractivity contribution in [1.29, 1.82) is 0 Å². The smallest absolute Gasteiger partial charge is 0.347 e. The van der Waals surface area contributed by atoms with Crippen molar-refractivity contribution in [3.8, 4) is 5.75 Å². The molecule has 1 aromatic rings. The third-order valence-electron chi connectivity index (χ3n) is 2.98. The predicted octanol–water partition coefficient (Wildman–Crippen LogP) is 4.69. The molecular weight excluding hydrogens is 379 g/mol. The van der Waals surface area contributed by atoms with E-state index in [0.29, 0.717) is 6.61 Å². The molecule has 24 heavy (non-hydrogen) atoms. The Morgan fingerprint density at radius 3 is 2.25 bits per heavy atom. The van der Waals surface area contributed by atoms with Gasteiger partial charge in [0.1, 0.15) is 5.75 Å². The standard InChI is InChI=1S/C16H19Cl3O5/c1-4-5-6-22-15(20)9(2)24-16(21)10(3)23-14-8-12(18)11(17)7-13(14)19/h7-10H,4-6H2,1-3H3. The average molecular weight is 398 g/mol. The fraction of sp³-hybridized carbons (Fsp3) is 0.500. The number of hydrogen-bond donors (Lipinski definition) is 0. The molecule has 0 N–H and O–H groups in total. The lowest BCUT2D eigenvalue weighted by molar-refractivity contribution is -0.170. The number of hydrogen-bond acceptors (Lipinski definition) is 5. The van der Waals surface area contributed by atoms with Gasteiger partial charge in [-0.2, -0.15) is 0 Å². The van der Waals surface area contributed by atoms with Gasteiger partial charge in [0.15, 0.2) is 12.2 Å². The van der Waals surface area contributed by atoms with Crippen LogP contribution in [0.5, 0.6) is 5.75 Å². The molecule has 0 saturated heterocycles. The molecule has 0 aliphatic heterocycles. The van der Waals surface area contributed by atoms with Crippen LogP contribution >= 0.6 is 34.8 Å². The number of rotatable bonds is 8. The average Bonchev–Trinajstić information content (AvgIpc) is 2.52. The van der Waals surface area contributed by atoms with E-state index in [1.807, 2.05) is 6.92 Å². The van der Waals surface area contributed by atoms with E-state index in [9.17, 15) is 9.59 Å². The molecule has 0 aliphatic carbocycles. The van der Waals surface area contributed by atoms with Crippen LogP contribution in [0.1, 0.15) is 33.6 Å². The van der Waals surface area contributed by atoms with Crippen LogP contribution in [0, 0.1) is 0 Å². The first-order valence-electron chi connectivity index (χ1n) is 7.44. The molecule has 134 valence electrons. The number of carbonyl (C=O) groups excluding carboxylic acids is 2. The summed E-state index contributed by atoms with van der Waals surface area (Å²) >= 11 is 17.7. The monoisotopic (exact) mass is 396 g/mol. The van der Waals surface area contributed by atoms with Crippen LogP contribution in [0.2, 0.25) is 15.1 Å². The normalized spacial score (nSPS) is 13.1. The molecular formula is C16H19Cl3O5. The number of ether oxygens (including phenoxy) is 3. The molecule has 0 radical (unpaired) electrons. The summed E-state index contributed by atoms with van der Waals surface area (Å²) in [5.74, 6) is -1.14. The molecule has 1 rings (SSSR count). The summed E-state index contributed by atoms with van der Waals surface area (Å²) in [6.45, 7) is 5.17. The molecule has 0 bridgehead atoms. The lowest BCUT2D eigenvalue weighted by Gasteiger charge is -2.18. The number of halogens is 3. The van der Waals surface area contributed by atoms with E-state index in [1.54, 1.807) is 0 Å². The topological polar surface area (TPSA) is 61.8 Å². The van der Waals surface area contributed by atoms with Crippen molar-refractivity contribution in [3.05, 3.63) is 27.2 Å². The zero-order valence-electron chi connectivity index (χ0n) is 13.6. The van der Waals surface area contributed by atoms with Crippen molar-refractivity contribution >= 4 is 46.7 Å². The molecule has 0 amide bonds. The third-order valence-corrected chi connectivity index (χ3v) is 4.00. The summed E-state index contributed by atoms with van der Waals surface area (Å²) < 4.78 is 15.4. The summed E-state index contributed by atoms with van der Waals surface area (Å²) in [4.78, 5) is 23.7. The first-order valence-corrected chi connectivity index (χ1v) is 8.58. The van der Waals surface area contributed by atoms with Crippen molar-refractivity contribution in [3.63, 3.8) is 0 Å². The van der Waals surface area contributed by atoms with E-state index in [-0.39, 0.29) is 20.8 Å². The highest BCUT2D eigenvalue weighted by Gasteiger charge is 2.25. The lowest BCUT2D eigenvalue weighted by atomic mass is 10.3. The Balaban J connectivity index is 2.59. The molecule has 0 fully saturated rings. The minimum atomic E-state index is -1.02. The van der Waals surface area contributed by atoms with E-state index in [4.69, 9.17) is 49.0 Å². The molecule has 0 aromatic heterocycles. The first-order chi connectivity index (χ1) is 11.3. The number of unbranched alkanes of at least 4 members (excludes halogenated alkanes) is 1. The van der Waals surface area contributed by atoms with Crippen molar-refractivity contribution in [2.24, 2.45) is 0 Å². The summed E-state index contributed by atoms with van der Waals surface area (Å²) in [5, 5.41) is 0.716. The van der Waals surface area contributed by atoms with Gasteiger partial charge in [0.25, 0.3) is 0 Å². The molecule has 0 saturated carbocycles. The van der Waals surface area contributed by atoms with Gasteiger partial charge >= 0.3 is 11.9 Å². The van der Waals surface area contributed by atoms with Crippen LogP contribution in [0.15, 0.2) is 12.1 Å². The van der Waals surface area contributed by atoms with Gasteiger partial charge in [0, 0.05) is 6.07 Å². The molecule has 2 atom stereocenters. The van der Waals surface area contributed by atoms with Gasteiger partial charge in [-0.1, -0.05) is 48.1 Å². The molecule has 8 heteroatoms. The summed E-state index contributed by atoms with van der Waals surface area (Å²) in [6, 6.07) is 2.81. The molecule has 0 aliphatic rings. The fourth-order valence-electron chi connectivity index (χ4n) is 1.59. The van der Waals surface area contributed by atoms with Crippen molar-refractivity contribution in [2.75, 3.05) is 6.61 Å². The van der Waals surface area contributed by atoms with Gasteiger partial charge in [0.05, 0.1) is 21.7 Å². The predicted molar refractivity (Wildman–Crippen MR) is 93.0 cm³/mol. The van der Waals surface area contributed by atoms with Gasteiger partial charge in [-0.25, -0.2) is 9.59 Å². The van der Waals surface area contributed by atoms with Crippen LogP contribution in [-0.4, -0.2) is 30.8 Å². The van der Waals surface area contributed by atoms with Crippen LogP contribution in [0.4, 0.5) is 0 Å². The summed E-state index contributed by atoms with van der Waals surface area (Å²) in [5.41, 5.74) is 0. The zero-order valence-corrected chi connectivity index (χ0v) is 15.9. The van der Waals surface area contributed by atoms with Crippen LogP contribution in [0.25, 0.3) is 0 Å². The molecule has 1 aromatic carbocycles. The highest BCUT2D eigenvalue weighted by Crippen LogP contribution is 2.34. The Kier molecular flexibility index (Phi) is 8.67. The minimum Gasteiger partial charge on any atom is -0.477 e. The van der Waals surface area contributed by atoms with Crippen molar-refractivity contribution in [1.82, 2.24) is 0 Å². The quantitative estimate of drug-likeness (QED) is 0.362. The molecule has 2 unspecified atom stereocenters. The number of carbonyl (C=O) groups is 2. The second-order valence-electron chi connectivity index (χ2n) is 5.06. The Morgan fingerprint density at radius 1 is 1.00 bits per heavy atom. The molecule has 0 heterocycles. The van der Waals surface area contributed by atoms with E-state index < -0.39 is 24.1 Å². The second kappa shape index (κ2) is 9.97. The van der Waals surface area contributed by atoms with E-state index in [1.165, 1.54) is 26.0 Å². The minimum absolute atomic E-state index is 0.189. The van der Waals surface area contributed by atoms with Crippen LogP contribution < -0.4 is 4.74 Å². The Morgan fingerprint density at radius 2 is 1.62 bits per heavy atom. The van der Waals surface area contributed by atoms with Crippen molar-refractivity contribution in [2.45, 2.75) is 45.8 Å². The van der Waals surface area contributed by atoms with Gasteiger partial charge in [0.2, 0.25) is 0 Å². The van der Waals surface area contributed by atoms with Crippen LogP contribution in [0.3, 0.4) is 0 Å². The van der Waals surface area contributed by atoms with Crippen molar-refractivity contribution < 1.29 is 23.8 Å². The maximum absolute atomic E-state index is 12.0. The Hall–Kier alpha value is -1.17. The van der Waals surface area contributed by atoms with Gasteiger partial charge in [-0.05, 0) is 26.3 Å². The highest BCUT2D eigenvalue weighted by molar-refractivity contribution is 6.43. The van der Waals surface area contributed by atoms with Gasteiger partial charge in [-0.3, -0.25) is 0 Å². The fourth-order valence-corrected chi connectivity index (χ4v) is 2.17.